The number of hydrogen-bond acceptors (Lipinski definition) is 5. The summed E-state index contributed by atoms with van der Waals surface area (Å²) >= 11 is 0. The first-order chi connectivity index (χ1) is 15.4. The van der Waals surface area contributed by atoms with Crippen LogP contribution in [0.25, 0.3) is 0 Å². The Kier molecular flexibility index (Phi) is 5.35. The predicted molar refractivity (Wildman–Crippen MR) is 117 cm³/mol. The fourth-order valence-electron chi connectivity index (χ4n) is 4.96. The zero-order valence-electron chi connectivity index (χ0n) is 18.8. The van der Waals surface area contributed by atoms with Crippen molar-refractivity contribution in [2.75, 3.05) is 13.1 Å². The van der Waals surface area contributed by atoms with E-state index in [0.717, 1.165) is 43.5 Å². The molecule has 0 radical (unpaired) electrons. The lowest BCUT2D eigenvalue weighted by atomic mass is 10.00. The van der Waals surface area contributed by atoms with E-state index in [9.17, 15) is 14.4 Å². The third kappa shape index (κ3) is 3.96. The third-order valence-electron chi connectivity index (χ3n) is 6.86. The Hall–Kier alpha value is -2.97. The Bertz CT molecular complexity index is 1120. The molecule has 170 valence electrons. The van der Waals surface area contributed by atoms with Crippen LogP contribution in [0.4, 0.5) is 0 Å². The van der Waals surface area contributed by atoms with Crippen molar-refractivity contribution in [3.8, 4) is 0 Å². The van der Waals surface area contributed by atoms with E-state index < -0.39 is 0 Å². The smallest absolute Gasteiger partial charge is 0.254 e. The number of nitrogens with one attached hydrogen (secondary N) is 1. The molecule has 9 heteroatoms. The Morgan fingerprint density at radius 3 is 2.69 bits per heavy atom. The summed E-state index contributed by atoms with van der Waals surface area (Å²) in [5.74, 6) is 0.847. The van der Waals surface area contributed by atoms with Gasteiger partial charge in [-0.3, -0.25) is 19.1 Å². The van der Waals surface area contributed by atoms with Crippen molar-refractivity contribution in [1.82, 2.24) is 29.5 Å². The van der Waals surface area contributed by atoms with Gasteiger partial charge in [0.05, 0.1) is 24.0 Å². The van der Waals surface area contributed by atoms with Crippen LogP contribution in [0.3, 0.4) is 0 Å². The summed E-state index contributed by atoms with van der Waals surface area (Å²) in [6, 6.07) is 1.69. The molecule has 0 aromatic carbocycles. The van der Waals surface area contributed by atoms with Crippen LogP contribution in [-0.4, -0.2) is 54.5 Å². The van der Waals surface area contributed by atoms with Gasteiger partial charge in [0.2, 0.25) is 11.8 Å². The minimum atomic E-state index is -0.263. The predicted octanol–water partition coefficient (Wildman–Crippen LogP) is 1.63. The van der Waals surface area contributed by atoms with Gasteiger partial charge in [-0.25, -0.2) is 4.98 Å². The molecule has 2 aromatic rings. The second-order valence-corrected chi connectivity index (χ2v) is 9.34. The van der Waals surface area contributed by atoms with Crippen LogP contribution in [0.15, 0.2) is 10.9 Å². The standard InChI is InChI=1S/C23H30N6O3/c1-14-11-15(2)29(26-14)13-20(30)28-9-4-3-5-19(28)21-24-18-12-27(23(32)16-6-7-16)10-8-17(18)22(31)25-21/h11,16,19H,3-10,12-13H2,1-2H3,(H,24,25,31)/t19-/m0/s1. The molecule has 3 aliphatic rings. The van der Waals surface area contributed by atoms with Crippen LogP contribution in [0.5, 0.6) is 0 Å². The second-order valence-electron chi connectivity index (χ2n) is 9.34. The maximum atomic E-state index is 13.2. The van der Waals surface area contributed by atoms with Crippen LogP contribution in [0.2, 0.25) is 0 Å². The number of carbonyl (C=O) groups is 2. The average molecular weight is 439 g/mol. The van der Waals surface area contributed by atoms with E-state index in [2.05, 4.69) is 10.1 Å². The number of aromatic nitrogens is 4. The van der Waals surface area contributed by atoms with Gasteiger partial charge in [-0.2, -0.15) is 5.10 Å². The van der Waals surface area contributed by atoms with Gasteiger partial charge in [0.15, 0.2) is 0 Å². The highest BCUT2D eigenvalue weighted by Gasteiger charge is 2.36. The minimum absolute atomic E-state index is 0.0215. The van der Waals surface area contributed by atoms with E-state index >= 15 is 0 Å². The molecule has 9 nitrogen and oxygen atoms in total. The average Bonchev–Trinajstić information content (AvgIpc) is 3.58. The molecule has 1 atom stereocenters. The van der Waals surface area contributed by atoms with E-state index in [1.807, 2.05) is 29.7 Å². The van der Waals surface area contributed by atoms with E-state index in [0.29, 0.717) is 43.1 Å². The molecule has 1 saturated carbocycles. The first-order valence-corrected chi connectivity index (χ1v) is 11.6. The van der Waals surface area contributed by atoms with E-state index in [1.54, 1.807) is 4.68 Å². The summed E-state index contributed by atoms with van der Waals surface area (Å²) in [5, 5.41) is 4.42. The Balaban J connectivity index is 1.40. The van der Waals surface area contributed by atoms with Gasteiger partial charge in [-0.05, 0) is 58.4 Å². The highest BCUT2D eigenvalue weighted by molar-refractivity contribution is 5.81. The summed E-state index contributed by atoms with van der Waals surface area (Å²) in [6.07, 6.45) is 5.12. The normalized spacial score (nSPS) is 20.9. The number of hydrogen-bond donors (Lipinski definition) is 1. The van der Waals surface area contributed by atoms with Crippen molar-refractivity contribution in [3.05, 3.63) is 44.9 Å². The first kappa shape index (κ1) is 20.9. The number of H-pyrrole nitrogens is 1. The second kappa shape index (κ2) is 8.18. The zero-order chi connectivity index (χ0) is 22.4. The number of rotatable bonds is 4. The number of aromatic amines is 1. The lowest BCUT2D eigenvalue weighted by Gasteiger charge is -2.36. The van der Waals surface area contributed by atoms with Gasteiger partial charge in [0.1, 0.15) is 12.4 Å². The van der Waals surface area contributed by atoms with Gasteiger partial charge >= 0.3 is 0 Å². The molecule has 2 fully saturated rings. The third-order valence-corrected chi connectivity index (χ3v) is 6.86. The maximum absolute atomic E-state index is 13.2. The van der Waals surface area contributed by atoms with Crippen LogP contribution in [0.1, 0.15) is 66.6 Å². The summed E-state index contributed by atoms with van der Waals surface area (Å²) in [5.41, 5.74) is 3.05. The van der Waals surface area contributed by atoms with Crippen molar-refractivity contribution >= 4 is 11.8 Å². The van der Waals surface area contributed by atoms with Crippen LogP contribution in [-0.2, 0) is 29.1 Å². The van der Waals surface area contributed by atoms with E-state index in [1.165, 1.54) is 0 Å². The Morgan fingerprint density at radius 1 is 1.16 bits per heavy atom. The molecule has 2 aromatic heterocycles. The Labute approximate surface area is 186 Å². The van der Waals surface area contributed by atoms with Gasteiger partial charge < -0.3 is 14.8 Å². The van der Waals surface area contributed by atoms with Crippen molar-refractivity contribution < 1.29 is 9.59 Å². The maximum Gasteiger partial charge on any atom is 0.254 e. The lowest BCUT2D eigenvalue weighted by molar-refractivity contribution is -0.136. The van der Waals surface area contributed by atoms with Gasteiger partial charge in [-0.15, -0.1) is 0 Å². The molecule has 4 heterocycles. The van der Waals surface area contributed by atoms with E-state index in [4.69, 9.17) is 4.98 Å². The van der Waals surface area contributed by atoms with Gasteiger partial charge in [0.25, 0.3) is 5.56 Å². The Morgan fingerprint density at radius 2 is 1.97 bits per heavy atom. The molecule has 2 aliphatic heterocycles. The molecule has 0 spiro atoms. The van der Waals surface area contributed by atoms with E-state index in [-0.39, 0.29) is 35.9 Å². The zero-order valence-corrected chi connectivity index (χ0v) is 18.8. The monoisotopic (exact) mass is 438 g/mol. The SMILES string of the molecule is Cc1cc(C)n(CC(=O)N2CCCC[C@H]2c2nc3c(c(=O)[nH]2)CCN(C(=O)C2CC2)C3)n1. The molecule has 0 bridgehead atoms. The van der Waals surface area contributed by atoms with Crippen molar-refractivity contribution in [1.29, 1.82) is 0 Å². The summed E-state index contributed by atoms with van der Waals surface area (Å²) < 4.78 is 1.73. The highest BCUT2D eigenvalue weighted by Crippen LogP contribution is 2.33. The number of carbonyl (C=O) groups excluding carboxylic acids is 2. The number of amides is 2. The molecule has 0 unspecified atom stereocenters. The molecule has 1 aliphatic carbocycles. The number of piperidine rings is 1. The molecule has 1 N–H and O–H groups in total. The van der Waals surface area contributed by atoms with Gasteiger partial charge in [-0.1, -0.05) is 0 Å². The first-order valence-electron chi connectivity index (χ1n) is 11.6. The topological polar surface area (TPSA) is 104 Å². The van der Waals surface area contributed by atoms with Crippen molar-refractivity contribution in [2.45, 2.75) is 71.5 Å². The largest absolute Gasteiger partial charge is 0.336 e. The number of fused-ring (bicyclic) bond motifs is 1. The summed E-state index contributed by atoms with van der Waals surface area (Å²) in [4.78, 5) is 50.0. The summed E-state index contributed by atoms with van der Waals surface area (Å²) in [7, 11) is 0. The highest BCUT2D eigenvalue weighted by atomic mass is 16.2. The molecular weight excluding hydrogens is 408 g/mol. The minimum Gasteiger partial charge on any atom is -0.336 e. The molecule has 5 rings (SSSR count). The van der Waals surface area contributed by atoms with Crippen LogP contribution >= 0.6 is 0 Å². The van der Waals surface area contributed by atoms with Gasteiger partial charge in [0, 0.05) is 30.3 Å². The molecular formula is C23H30N6O3. The lowest BCUT2D eigenvalue weighted by Crippen LogP contribution is -2.43. The fourth-order valence-corrected chi connectivity index (χ4v) is 4.96. The van der Waals surface area contributed by atoms with Crippen LogP contribution < -0.4 is 5.56 Å². The fraction of sp³-hybridized carbons (Fsp3) is 0.609. The van der Waals surface area contributed by atoms with Crippen molar-refractivity contribution in [3.63, 3.8) is 0 Å². The number of aryl methyl sites for hydroxylation is 2. The van der Waals surface area contributed by atoms with Crippen molar-refractivity contribution in [2.24, 2.45) is 5.92 Å². The molecule has 1 saturated heterocycles. The summed E-state index contributed by atoms with van der Waals surface area (Å²) in [6.45, 7) is 5.62. The van der Waals surface area contributed by atoms with Crippen LogP contribution in [0, 0.1) is 19.8 Å². The molecule has 32 heavy (non-hydrogen) atoms. The number of likely N-dealkylation sites (tertiary alicyclic amines) is 1. The molecule has 2 amide bonds. The quantitative estimate of drug-likeness (QED) is 0.781. The number of nitrogens with zero attached hydrogens (tertiary/aromatic N) is 5.